The zero-order chi connectivity index (χ0) is 16.3. The highest BCUT2D eigenvalue weighted by atomic mass is 16.5. The number of aromatic amines is 2. The smallest absolute Gasteiger partial charge is 0.119 e. The van der Waals surface area contributed by atoms with E-state index in [2.05, 4.69) is 46.4 Å². The molecule has 0 radical (unpaired) electrons. The van der Waals surface area contributed by atoms with Gasteiger partial charge in [-0.1, -0.05) is 0 Å². The van der Waals surface area contributed by atoms with Gasteiger partial charge in [-0.25, -0.2) is 0 Å². The van der Waals surface area contributed by atoms with E-state index < -0.39 is 0 Å². The second-order valence-corrected chi connectivity index (χ2v) is 5.98. The molecular weight excluding hydrogens is 300 g/mol. The van der Waals surface area contributed by atoms with Gasteiger partial charge in [-0.05, 0) is 48.5 Å². The summed E-state index contributed by atoms with van der Waals surface area (Å²) in [6.45, 7) is 0. The normalized spacial score (nSPS) is 11.8. The first-order valence-electron chi connectivity index (χ1n) is 7.86. The first kappa shape index (κ1) is 13.3. The SMILES string of the molecule is COc1ccc2[nH]c3ccc4[nH]c5ccc(OC)cc5c4c3c2c1. The maximum atomic E-state index is 5.42. The van der Waals surface area contributed by atoms with E-state index in [9.17, 15) is 0 Å². The van der Waals surface area contributed by atoms with Crippen molar-refractivity contribution >= 4 is 43.6 Å². The molecule has 5 aromatic rings. The molecule has 2 N–H and O–H groups in total. The molecule has 0 aliphatic carbocycles. The molecule has 0 fully saturated rings. The highest BCUT2D eigenvalue weighted by molar-refractivity contribution is 6.27. The molecule has 3 aromatic carbocycles. The highest BCUT2D eigenvalue weighted by Crippen LogP contribution is 2.38. The van der Waals surface area contributed by atoms with E-state index >= 15 is 0 Å². The molecule has 0 spiro atoms. The number of H-pyrrole nitrogens is 2. The molecular formula is C20H16N2O2. The molecule has 0 atom stereocenters. The minimum atomic E-state index is 0.859. The van der Waals surface area contributed by atoms with E-state index in [1.807, 2.05) is 12.1 Å². The van der Waals surface area contributed by atoms with E-state index in [1.54, 1.807) is 14.2 Å². The Balaban J connectivity index is 2.03. The summed E-state index contributed by atoms with van der Waals surface area (Å²) in [5.41, 5.74) is 4.45. The van der Waals surface area contributed by atoms with E-state index in [0.29, 0.717) is 0 Å². The van der Waals surface area contributed by atoms with E-state index in [0.717, 1.165) is 33.6 Å². The minimum Gasteiger partial charge on any atom is -0.497 e. The van der Waals surface area contributed by atoms with Crippen LogP contribution in [0, 0.1) is 0 Å². The molecule has 118 valence electrons. The monoisotopic (exact) mass is 316 g/mol. The van der Waals surface area contributed by atoms with Gasteiger partial charge in [-0.3, -0.25) is 0 Å². The van der Waals surface area contributed by atoms with Crippen molar-refractivity contribution in [3.05, 3.63) is 48.5 Å². The van der Waals surface area contributed by atoms with Crippen LogP contribution < -0.4 is 9.47 Å². The Morgan fingerprint density at radius 3 is 1.42 bits per heavy atom. The highest BCUT2D eigenvalue weighted by Gasteiger charge is 2.14. The van der Waals surface area contributed by atoms with Gasteiger partial charge >= 0.3 is 0 Å². The summed E-state index contributed by atoms with van der Waals surface area (Å²) < 4.78 is 10.8. The number of methoxy groups -OCH3 is 2. The predicted octanol–water partition coefficient (Wildman–Crippen LogP) is 4.97. The summed E-state index contributed by atoms with van der Waals surface area (Å²) in [5, 5.41) is 4.75. The van der Waals surface area contributed by atoms with Crippen LogP contribution in [0.25, 0.3) is 43.6 Å². The summed E-state index contributed by atoms with van der Waals surface area (Å²) in [6.07, 6.45) is 0. The molecule has 4 nitrogen and oxygen atoms in total. The average molecular weight is 316 g/mol. The lowest BCUT2D eigenvalue weighted by Gasteiger charge is -2.01. The van der Waals surface area contributed by atoms with Crippen molar-refractivity contribution in [2.75, 3.05) is 14.2 Å². The number of aromatic nitrogens is 2. The van der Waals surface area contributed by atoms with Crippen LogP contribution in [0.2, 0.25) is 0 Å². The summed E-state index contributed by atoms with van der Waals surface area (Å²) in [6, 6.07) is 16.5. The number of nitrogens with one attached hydrogen (secondary N) is 2. The molecule has 24 heavy (non-hydrogen) atoms. The van der Waals surface area contributed by atoms with Gasteiger partial charge < -0.3 is 19.4 Å². The fourth-order valence-electron chi connectivity index (χ4n) is 3.59. The maximum absolute atomic E-state index is 5.42. The lowest BCUT2D eigenvalue weighted by Crippen LogP contribution is -1.81. The zero-order valence-corrected chi connectivity index (χ0v) is 13.4. The van der Waals surface area contributed by atoms with Crippen molar-refractivity contribution in [3.63, 3.8) is 0 Å². The molecule has 0 bridgehead atoms. The Hall–Kier alpha value is -3.14. The first-order valence-corrected chi connectivity index (χ1v) is 7.86. The van der Waals surface area contributed by atoms with Gasteiger partial charge in [-0.15, -0.1) is 0 Å². The third kappa shape index (κ3) is 1.68. The second kappa shape index (κ2) is 4.68. The Bertz CT molecular complexity index is 1130. The molecule has 0 amide bonds. The quantitative estimate of drug-likeness (QED) is 0.483. The van der Waals surface area contributed by atoms with Gasteiger partial charge in [0.1, 0.15) is 11.5 Å². The van der Waals surface area contributed by atoms with Crippen molar-refractivity contribution in [1.29, 1.82) is 0 Å². The molecule has 5 rings (SSSR count). The van der Waals surface area contributed by atoms with Crippen molar-refractivity contribution < 1.29 is 9.47 Å². The Morgan fingerprint density at radius 1 is 0.583 bits per heavy atom. The summed E-state index contributed by atoms with van der Waals surface area (Å²) in [7, 11) is 3.39. The number of benzene rings is 3. The number of ether oxygens (including phenoxy) is 2. The Labute approximate surface area is 138 Å². The van der Waals surface area contributed by atoms with Crippen LogP contribution in [0.4, 0.5) is 0 Å². The molecule has 0 unspecified atom stereocenters. The van der Waals surface area contributed by atoms with Crippen LogP contribution in [-0.2, 0) is 0 Å². The first-order chi connectivity index (χ1) is 11.8. The van der Waals surface area contributed by atoms with Gasteiger partial charge in [-0.2, -0.15) is 0 Å². The van der Waals surface area contributed by atoms with E-state index in [-0.39, 0.29) is 0 Å². The van der Waals surface area contributed by atoms with Gasteiger partial charge in [0.15, 0.2) is 0 Å². The van der Waals surface area contributed by atoms with Gasteiger partial charge in [0, 0.05) is 43.6 Å². The predicted molar refractivity (Wildman–Crippen MR) is 98.3 cm³/mol. The summed E-state index contributed by atoms with van der Waals surface area (Å²) in [4.78, 5) is 7.01. The van der Waals surface area contributed by atoms with Crippen molar-refractivity contribution in [1.82, 2.24) is 9.97 Å². The molecule has 2 heterocycles. The average Bonchev–Trinajstić information content (AvgIpc) is 3.17. The number of fused-ring (bicyclic) bond motifs is 7. The largest absolute Gasteiger partial charge is 0.497 e. The van der Waals surface area contributed by atoms with E-state index in [1.165, 1.54) is 21.5 Å². The van der Waals surface area contributed by atoms with Crippen molar-refractivity contribution in [3.8, 4) is 11.5 Å². The topological polar surface area (TPSA) is 50.0 Å². The van der Waals surface area contributed by atoms with Crippen LogP contribution in [0.3, 0.4) is 0 Å². The lowest BCUT2D eigenvalue weighted by molar-refractivity contribution is 0.415. The van der Waals surface area contributed by atoms with Gasteiger partial charge in [0.25, 0.3) is 0 Å². The fraction of sp³-hybridized carbons (Fsp3) is 0.100. The Morgan fingerprint density at radius 2 is 1.00 bits per heavy atom. The molecule has 0 saturated heterocycles. The summed E-state index contributed by atoms with van der Waals surface area (Å²) in [5.74, 6) is 1.72. The Kier molecular flexibility index (Phi) is 2.59. The molecule has 0 saturated carbocycles. The van der Waals surface area contributed by atoms with Crippen LogP contribution in [0.5, 0.6) is 11.5 Å². The van der Waals surface area contributed by atoms with E-state index in [4.69, 9.17) is 9.47 Å². The number of rotatable bonds is 2. The van der Waals surface area contributed by atoms with Crippen LogP contribution in [0.1, 0.15) is 0 Å². The second-order valence-electron chi connectivity index (χ2n) is 5.98. The van der Waals surface area contributed by atoms with Crippen LogP contribution in [0.15, 0.2) is 48.5 Å². The zero-order valence-electron chi connectivity index (χ0n) is 13.4. The van der Waals surface area contributed by atoms with Crippen molar-refractivity contribution in [2.24, 2.45) is 0 Å². The third-order valence-electron chi connectivity index (χ3n) is 4.74. The lowest BCUT2D eigenvalue weighted by atomic mass is 10.0. The summed E-state index contributed by atoms with van der Waals surface area (Å²) >= 11 is 0. The third-order valence-corrected chi connectivity index (χ3v) is 4.74. The standard InChI is InChI=1S/C20H16N2O2/c1-23-11-3-5-15-13(9-11)19-17(21-15)7-8-18-20(19)14-10-12(24-2)4-6-16(14)22-18/h3-10,21-22H,1-2H3. The van der Waals surface area contributed by atoms with Crippen LogP contribution >= 0.6 is 0 Å². The number of hydrogen-bond acceptors (Lipinski definition) is 2. The van der Waals surface area contributed by atoms with Gasteiger partial charge in [0.2, 0.25) is 0 Å². The maximum Gasteiger partial charge on any atom is 0.119 e. The van der Waals surface area contributed by atoms with Gasteiger partial charge in [0.05, 0.1) is 14.2 Å². The number of hydrogen-bond donors (Lipinski definition) is 2. The van der Waals surface area contributed by atoms with Crippen LogP contribution in [-0.4, -0.2) is 24.2 Å². The molecule has 0 aliphatic rings. The molecule has 4 heteroatoms. The minimum absolute atomic E-state index is 0.859. The fourth-order valence-corrected chi connectivity index (χ4v) is 3.59. The molecule has 0 aliphatic heterocycles. The van der Waals surface area contributed by atoms with Crippen molar-refractivity contribution in [2.45, 2.75) is 0 Å². The molecule has 2 aromatic heterocycles.